The van der Waals surface area contributed by atoms with Gasteiger partial charge in [0, 0.05) is 5.92 Å². The molecule has 0 aliphatic carbocycles. The fourth-order valence-corrected chi connectivity index (χ4v) is 2.27. The third kappa shape index (κ3) is 2.96. The number of carbonyl (C=O) groups is 1. The summed E-state index contributed by atoms with van der Waals surface area (Å²) >= 11 is 0. The van der Waals surface area contributed by atoms with Crippen LogP contribution in [0.5, 0.6) is 0 Å². The third-order valence-corrected chi connectivity index (χ3v) is 4.06. The van der Waals surface area contributed by atoms with E-state index in [9.17, 15) is 9.90 Å². The maximum absolute atomic E-state index is 12.3. The summed E-state index contributed by atoms with van der Waals surface area (Å²) in [6.45, 7) is 5.49. The average molecular weight is 262 g/mol. The average Bonchev–Trinajstić information content (AvgIpc) is 2.37. The molecule has 1 fully saturated rings. The normalized spacial score (nSPS) is 20.2. The summed E-state index contributed by atoms with van der Waals surface area (Å²) in [5, 5.41) is 15.8. The van der Waals surface area contributed by atoms with Crippen molar-refractivity contribution in [3.63, 3.8) is 0 Å². The van der Waals surface area contributed by atoms with Crippen molar-refractivity contribution in [1.29, 1.82) is 0 Å². The fraction of sp³-hybridized carbons (Fsp3) is 0.533. The van der Waals surface area contributed by atoms with E-state index in [1.165, 1.54) is 0 Å². The first-order valence-electron chi connectivity index (χ1n) is 6.76. The van der Waals surface area contributed by atoms with Crippen molar-refractivity contribution in [2.75, 3.05) is 19.7 Å². The highest BCUT2D eigenvalue weighted by Crippen LogP contribution is 2.22. The molecule has 0 radical (unpaired) electrons. The lowest BCUT2D eigenvalue weighted by molar-refractivity contribution is -0.129. The van der Waals surface area contributed by atoms with E-state index in [2.05, 4.69) is 10.6 Å². The van der Waals surface area contributed by atoms with Crippen molar-refractivity contribution in [1.82, 2.24) is 10.6 Å². The molecule has 2 unspecified atom stereocenters. The molecule has 2 atom stereocenters. The lowest BCUT2D eigenvalue weighted by Gasteiger charge is -2.35. The Morgan fingerprint density at radius 1 is 1.47 bits per heavy atom. The van der Waals surface area contributed by atoms with E-state index in [0.29, 0.717) is 5.92 Å². The topological polar surface area (TPSA) is 61.4 Å². The summed E-state index contributed by atoms with van der Waals surface area (Å²) in [4.78, 5) is 12.3. The molecule has 19 heavy (non-hydrogen) atoms. The number of hydrogen-bond acceptors (Lipinski definition) is 3. The van der Waals surface area contributed by atoms with E-state index >= 15 is 0 Å². The Kier molecular flexibility index (Phi) is 4.22. The number of benzene rings is 1. The first-order chi connectivity index (χ1) is 9.07. The van der Waals surface area contributed by atoms with Crippen molar-refractivity contribution >= 4 is 5.91 Å². The first kappa shape index (κ1) is 14.0. The van der Waals surface area contributed by atoms with Crippen LogP contribution < -0.4 is 10.6 Å². The fourth-order valence-electron chi connectivity index (χ4n) is 2.27. The van der Waals surface area contributed by atoms with Gasteiger partial charge in [0.05, 0.1) is 12.1 Å². The minimum absolute atomic E-state index is 0.00639. The largest absolute Gasteiger partial charge is 0.394 e. The molecule has 2 rings (SSSR count). The molecule has 1 aromatic carbocycles. The summed E-state index contributed by atoms with van der Waals surface area (Å²) in [5.41, 5.74) is 0.203. The molecule has 0 saturated carbocycles. The zero-order chi connectivity index (χ0) is 13.9. The van der Waals surface area contributed by atoms with Gasteiger partial charge in [-0.15, -0.1) is 0 Å². The third-order valence-electron chi connectivity index (χ3n) is 4.06. The van der Waals surface area contributed by atoms with Gasteiger partial charge in [-0.25, -0.2) is 0 Å². The van der Waals surface area contributed by atoms with Gasteiger partial charge in [0.15, 0.2) is 0 Å². The highest BCUT2D eigenvalue weighted by molar-refractivity contribution is 5.79. The van der Waals surface area contributed by atoms with E-state index in [-0.39, 0.29) is 18.4 Å². The Morgan fingerprint density at radius 2 is 2.11 bits per heavy atom. The second-order valence-electron chi connectivity index (χ2n) is 5.55. The lowest BCUT2D eigenvalue weighted by atomic mass is 9.86. The van der Waals surface area contributed by atoms with Crippen LogP contribution >= 0.6 is 0 Å². The Hall–Kier alpha value is -1.39. The minimum Gasteiger partial charge on any atom is -0.394 e. The minimum atomic E-state index is -0.718. The predicted octanol–water partition coefficient (Wildman–Crippen LogP) is 0.866. The van der Waals surface area contributed by atoms with Gasteiger partial charge in [-0.1, -0.05) is 37.3 Å². The second-order valence-corrected chi connectivity index (χ2v) is 5.55. The van der Waals surface area contributed by atoms with Gasteiger partial charge in [-0.05, 0) is 31.5 Å². The van der Waals surface area contributed by atoms with E-state index in [0.717, 1.165) is 18.7 Å². The Morgan fingerprint density at radius 3 is 2.58 bits per heavy atom. The molecule has 1 saturated heterocycles. The van der Waals surface area contributed by atoms with Crippen LogP contribution in [0.4, 0.5) is 0 Å². The standard InChI is InChI=1S/C15H22N2O2/c1-11(12-8-16-9-12)14(19)17-15(2,10-18)13-6-4-3-5-7-13/h3-7,11-12,16,18H,8-10H2,1-2H3,(H,17,19). The smallest absolute Gasteiger partial charge is 0.223 e. The molecular formula is C15H22N2O2. The highest BCUT2D eigenvalue weighted by atomic mass is 16.3. The SMILES string of the molecule is CC(C(=O)NC(C)(CO)c1ccccc1)C1CNC1. The van der Waals surface area contributed by atoms with Crippen LogP contribution in [-0.2, 0) is 10.3 Å². The summed E-state index contributed by atoms with van der Waals surface area (Å²) in [7, 11) is 0. The number of amides is 1. The van der Waals surface area contributed by atoms with Crippen LogP contribution in [0, 0.1) is 11.8 Å². The van der Waals surface area contributed by atoms with Crippen LogP contribution in [0.2, 0.25) is 0 Å². The molecule has 1 aliphatic heterocycles. The number of aliphatic hydroxyl groups is 1. The zero-order valence-corrected chi connectivity index (χ0v) is 11.5. The van der Waals surface area contributed by atoms with Gasteiger partial charge in [-0.3, -0.25) is 4.79 Å². The molecule has 0 spiro atoms. The zero-order valence-electron chi connectivity index (χ0n) is 11.5. The number of carbonyl (C=O) groups excluding carboxylic acids is 1. The van der Waals surface area contributed by atoms with Crippen LogP contribution in [-0.4, -0.2) is 30.7 Å². The maximum Gasteiger partial charge on any atom is 0.223 e. The number of aliphatic hydroxyl groups excluding tert-OH is 1. The molecule has 1 aliphatic rings. The van der Waals surface area contributed by atoms with Crippen molar-refractivity contribution in [2.24, 2.45) is 11.8 Å². The Balaban J connectivity index is 2.07. The molecule has 4 heteroatoms. The van der Waals surface area contributed by atoms with E-state index in [4.69, 9.17) is 0 Å². The Bertz CT molecular complexity index is 431. The molecule has 1 amide bonds. The quantitative estimate of drug-likeness (QED) is 0.738. The van der Waals surface area contributed by atoms with Crippen molar-refractivity contribution in [3.8, 4) is 0 Å². The molecular weight excluding hydrogens is 240 g/mol. The van der Waals surface area contributed by atoms with Crippen LogP contribution in [0.1, 0.15) is 19.4 Å². The monoisotopic (exact) mass is 262 g/mol. The molecule has 104 valence electrons. The van der Waals surface area contributed by atoms with E-state index in [1.54, 1.807) is 0 Å². The molecule has 1 heterocycles. The van der Waals surface area contributed by atoms with Crippen LogP contribution in [0.25, 0.3) is 0 Å². The Labute approximate surface area is 114 Å². The van der Waals surface area contributed by atoms with Crippen LogP contribution in [0.15, 0.2) is 30.3 Å². The number of hydrogen-bond donors (Lipinski definition) is 3. The van der Waals surface area contributed by atoms with Crippen LogP contribution in [0.3, 0.4) is 0 Å². The number of rotatable bonds is 5. The summed E-state index contributed by atoms with van der Waals surface area (Å²) in [5.74, 6) is 0.376. The van der Waals surface area contributed by atoms with Crippen molar-refractivity contribution in [2.45, 2.75) is 19.4 Å². The van der Waals surface area contributed by atoms with E-state index < -0.39 is 5.54 Å². The van der Waals surface area contributed by atoms with Crippen molar-refractivity contribution in [3.05, 3.63) is 35.9 Å². The first-order valence-corrected chi connectivity index (χ1v) is 6.76. The van der Waals surface area contributed by atoms with Gasteiger partial charge in [0.2, 0.25) is 5.91 Å². The predicted molar refractivity (Wildman–Crippen MR) is 74.5 cm³/mol. The summed E-state index contributed by atoms with van der Waals surface area (Å²) in [6.07, 6.45) is 0. The van der Waals surface area contributed by atoms with Gasteiger partial charge < -0.3 is 15.7 Å². The molecule has 1 aromatic rings. The molecule has 0 bridgehead atoms. The number of nitrogens with one attached hydrogen (secondary N) is 2. The highest BCUT2D eigenvalue weighted by Gasteiger charge is 2.34. The van der Waals surface area contributed by atoms with Gasteiger partial charge in [-0.2, -0.15) is 0 Å². The maximum atomic E-state index is 12.3. The molecule has 0 aromatic heterocycles. The molecule has 4 nitrogen and oxygen atoms in total. The summed E-state index contributed by atoms with van der Waals surface area (Å²) < 4.78 is 0. The molecule has 3 N–H and O–H groups in total. The lowest BCUT2D eigenvalue weighted by Crippen LogP contribution is -2.54. The second kappa shape index (κ2) is 5.72. The van der Waals surface area contributed by atoms with Gasteiger partial charge in [0.1, 0.15) is 0 Å². The van der Waals surface area contributed by atoms with Crippen molar-refractivity contribution < 1.29 is 9.90 Å². The van der Waals surface area contributed by atoms with Gasteiger partial charge >= 0.3 is 0 Å². The summed E-state index contributed by atoms with van der Waals surface area (Å²) in [6, 6.07) is 9.59. The van der Waals surface area contributed by atoms with Gasteiger partial charge in [0.25, 0.3) is 0 Å². The van der Waals surface area contributed by atoms with E-state index in [1.807, 2.05) is 44.2 Å².